The molecule has 1 N–H and O–H groups in total. The van der Waals surface area contributed by atoms with Crippen molar-refractivity contribution in [2.24, 2.45) is 5.41 Å². The molecular weight excluding hydrogens is 200 g/mol. The van der Waals surface area contributed by atoms with E-state index in [4.69, 9.17) is 0 Å². The second-order valence-corrected chi connectivity index (χ2v) is 4.67. The number of aromatic amines is 1. The van der Waals surface area contributed by atoms with Crippen LogP contribution < -0.4 is 0 Å². The molecule has 0 fully saturated rings. The third-order valence-electron chi connectivity index (χ3n) is 3.26. The average Bonchev–Trinajstić information content (AvgIpc) is 2.80. The van der Waals surface area contributed by atoms with Crippen molar-refractivity contribution < 1.29 is 4.79 Å². The SMILES string of the molecule is C[CH]CCC(C)(CC)CC(=O)c1c[nH]cn1. The molecule has 16 heavy (non-hydrogen) atoms. The number of ketones is 1. The van der Waals surface area contributed by atoms with E-state index >= 15 is 0 Å². The van der Waals surface area contributed by atoms with Gasteiger partial charge in [-0.2, -0.15) is 0 Å². The minimum Gasteiger partial charge on any atom is -0.350 e. The zero-order chi connectivity index (χ0) is 12.0. The van der Waals surface area contributed by atoms with Gasteiger partial charge in [0, 0.05) is 12.6 Å². The summed E-state index contributed by atoms with van der Waals surface area (Å²) < 4.78 is 0. The van der Waals surface area contributed by atoms with Crippen LogP contribution >= 0.6 is 0 Å². The Morgan fingerprint density at radius 2 is 2.38 bits per heavy atom. The summed E-state index contributed by atoms with van der Waals surface area (Å²) in [5.41, 5.74) is 0.655. The first-order valence-corrected chi connectivity index (χ1v) is 5.91. The van der Waals surface area contributed by atoms with Gasteiger partial charge in [-0.05, 0) is 24.7 Å². The molecule has 1 rings (SSSR count). The Morgan fingerprint density at radius 3 is 2.88 bits per heavy atom. The largest absolute Gasteiger partial charge is 0.350 e. The molecule has 0 aliphatic heterocycles. The van der Waals surface area contributed by atoms with E-state index in [0.29, 0.717) is 12.1 Å². The lowest BCUT2D eigenvalue weighted by Crippen LogP contribution is -2.20. The Labute approximate surface area is 97.7 Å². The number of H-pyrrole nitrogens is 1. The summed E-state index contributed by atoms with van der Waals surface area (Å²) in [7, 11) is 0. The standard InChI is InChI=1S/C13H21N2O/c1-4-6-7-13(3,5-2)8-12(16)11-9-14-10-15-11/h4,9-10H,5-8H2,1-3H3,(H,14,15). The predicted molar refractivity (Wildman–Crippen MR) is 65.1 cm³/mol. The van der Waals surface area contributed by atoms with Crippen LogP contribution in [0.2, 0.25) is 0 Å². The van der Waals surface area contributed by atoms with Crippen LogP contribution in [0.3, 0.4) is 0 Å². The topological polar surface area (TPSA) is 45.8 Å². The van der Waals surface area contributed by atoms with E-state index in [-0.39, 0.29) is 11.2 Å². The van der Waals surface area contributed by atoms with Crippen molar-refractivity contribution in [3.63, 3.8) is 0 Å². The lowest BCUT2D eigenvalue weighted by Gasteiger charge is -2.27. The van der Waals surface area contributed by atoms with Crippen molar-refractivity contribution in [2.45, 2.75) is 46.5 Å². The van der Waals surface area contributed by atoms with Gasteiger partial charge in [0.2, 0.25) is 0 Å². The lowest BCUT2D eigenvalue weighted by molar-refractivity contribution is 0.0905. The number of hydrogen-bond acceptors (Lipinski definition) is 2. The van der Waals surface area contributed by atoms with Crippen LogP contribution in [0.15, 0.2) is 12.5 Å². The minimum absolute atomic E-state index is 0.0997. The van der Waals surface area contributed by atoms with Crippen molar-refractivity contribution in [1.82, 2.24) is 9.97 Å². The Hall–Kier alpha value is -1.12. The van der Waals surface area contributed by atoms with Gasteiger partial charge in [0.15, 0.2) is 5.78 Å². The molecule has 1 aromatic heterocycles. The molecule has 0 saturated carbocycles. The molecule has 0 saturated heterocycles. The highest BCUT2D eigenvalue weighted by molar-refractivity contribution is 5.94. The van der Waals surface area contributed by atoms with Crippen LogP contribution in [-0.2, 0) is 0 Å². The minimum atomic E-state index is 0.0997. The van der Waals surface area contributed by atoms with Gasteiger partial charge in [0.1, 0.15) is 5.69 Å². The zero-order valence-electron chi connectivity index (χ0n) is 10.4. The number of Topliss-reactive ketones (excluding diaryl/α,β-unsaturated/α-hetero) is 1. The van der Waals surface area contributed by atoms with Crippen LogP contribution in [0.4, 0.5) is 0 Å². The summed E-state index contributed by atoms with van der Waals surface area (Å²) in [6, 6.07) is 0. The lowest BCUT2D eigenvalue weighted by atomic mass is 9.78. The molecule has 1 aromatic rings. The van der Waals surface area contributed by atoms with E-state index in [2.05, 4.69) is 37.2 Å². The molecule has 1 radical (unpaired) electrons. The van der Waals surface area contributed by atoms with E-state index in [9.17, 15) is 4.79 Å². The zero-order valence-corrected chi connectivity index (χ0v) is 10.4. The number of nitrogens with one attached hydrogen (secondary N) is 1. The summed E-state index contributed by atoms with van der Waals surface area (Å²) in [6.07, 6.45) is 9.13. The van der Waals surface area contributed by atoms with Crippen LogP contribution in [0, 0.1) is 11.8 Å². The van der Waals surface area contributed by atoms with Crippen molar-refractivity contribution in [1.29, 1.82) is 0 Å². The van der Waals surface area contributed by atoms with Gasteiger partial charge < -0.3 is 4.98 Å². The monoisotopic (exact) mass is 221 g/mol. The van der Waals surface area contributed by atoms with E-state index < -0.39 is 0 Å². The number of unbranched alkanes of at least 4 members (excludes halogenated alkanes) is 1. The number of carbonyl (C=O) groups excluding carboxylic acids is 1. The number of nitrogens with zero attached hydrogens (tertiary/aromatic N) is 1. The Morgan fingerprint density at radius 1 is 1.62 bits per heavy atom. The van der Waals surface area contributed by atoms with Gasteiger partial charge in [-0.1, -0.05) is 27.2 Å². The summed E-state index contributed by atoms with van der Waals surface area (Å²) in [5, 5.41) is 0. The van der Waals surface area contributed by atoms with Crippen LogP contribution in [0.1, 0.15) is 56.9 Å². The number of rotatable bonds is 7. The van der Waals surface area contributed by atoms with Crippen LogP contribution in [0.5, 0.6) is 0 Å². The molecule has 1 atom stereocenters. The number of carbonyl (C=O) groups is 1. The molecule has 0 spiro atoms. The Bertz CT molecular complexity index is 319. The fraction of sp³-hybridized carbons (Fsp3) is 0.615. The summed E-state index contributed by atoms with van der Waals surface area (Å²) in [6.45, 7) is 6.39. The summed E-state index contributed by atoms with van der Waals surface area (Å²) >= 11 is 0. The predicted octanol–water partition coefficient (Wildman–Crippen LogP) is 3.40. The summed E-state index contributed by atoms with van der Waals surface area (Å²) in [4.78, 5) is 18.8. The first-order valence-electron chi connectivity index (χ1n) is 5.91. The maximum Gasteiger partial charge on any atom is 0.183 e. The molecule has 3 heteroatoms. The van der Waals surface area contributed by atoms with Gasteiger partial charge in [0.05, 0.1) is 6.33 Å². The maximum absolute atomic E-state index is 12.0. The van der Waals surface area contributed by atoms with E-state index in [0.717, 1.165) is 19.3 Å². The molecule has 0 aliphatic rings. The van der Waals surface area contributed by atoms with Crippen molar-refractivity contribution in [3.05, 3.63) is 24.6 Å². The maximum atomic E-state index is 12.0. The average molecular weight is 221 g/mol. The van der Waals surface area contributed by atoms with Gasteiger partial charge in [0.25, 0.3) is 0 Å². The molecular formula is C13H21N2O. The highest BCUT2D eigenvalue weighted by atomic mass is 16.1. The molecule has 1 heterocycles. The van der Waals surface area contributed by atoms with Gasteiger partial charge in [-0.25, -0.2) is 4.98 Å². The third-order valence-corrected chi connectivity index (χ3v) is 3.26. The third kappa shape index (κ3) is 3.47. The first-order chi connectivity index (χ1) is 7.61. The van der Waals surface area contributed by atoms with Gasteiger partial charge in [-0.15, -0.1) is 0 Å². The van der Waals surface area contributed by atoms with Crippen molar-refractivity contribution >= 4 is 5.78 Å². The second kappa shape index (κ2) is 5.83. The molecule has 0 aliphatic carbocycles. The summed E-state index contributed by atoms with van der Waals surface area (Å²) in [5.74, 6) is 0.140. The number of aromatic nitrogens is 2. The highest BCUT2D eigenvalue weighted by Crippen LogP contribution is 2.32. The fourth-order valence-corrected chi connectivity index (χ4v) is 1.77. The molecule has 3 nitrogen and oxygen atoms in total. The Kier molecular flexibility index (Phi) is 4.71. The highest BCUT2D eigenvalue weighted by Gasteiger charge is 2.26. The second-order valence-electron chi connectivity index (χ2n) is 4.67. The molecule has 0 aromatic carbocycles. The van der Waals surface area contributed by atoms with Crippen LogP contribution in [-0.4, -0.2) is 15.8 Å². The number of hydrogen-bond donors (Lipinski definition) is 1. The van der Waals surface area contributed by atoms with E-state index in [1.165, 1.54) is 0 Å². The van der Waals surface area contributed by atoms with Crippen LogP contribution in [0.25, 0.3) is 0 Å². The first kappa shape index (κ1) is 12.9. The van der Waals surface area contributed by atoms with Crippen molar-refractivity contribution in [3.8, 4) is 0 Å². The molecule has 0 amide bonds. The van der Waals surface area contributed by atoms with E-state index in [1.54, 1.807) is 12.5 Å². The number of imidazole rings is 1. The smallest absolute Gasteiger partial charge is 0.183 e. The Balaban J connectivity index is 2.59. The van der Waals surface area contributed by atoms with Gasteiger partial charge in [-0.3, -0.25) is 4.79 Å². The van der Waals surface area contributed by atoms with Crippen molar-refractivity contribution in [2.75, 3.05) is 0 Å². The molecule has 89 valence electrons. The fourth-order valence-electron chi connectivity index (χ4n) is 1.77. The van der Waals surface area contributed by atoms with E-state index in [1.807, 2.05) is 0 Å². The molecule has 1 unspecified atom stereocenters. The quantitative estimate of drug-likeness (QED) is 0.717. The van der Waals surface area contributed by atoms with Gasteiger partial charge >= 0.3 is 0 Å². The molecule has 0 bridgehead atoms. The normalized spacial score (nSPS) is 14.7.